The quantitative estimate of drug-likeness (QED) is 0.758. The molecule has 0 saturated heterocycles. The van der Waals surface area contributed by atoms with E-state index in [4.69, 9.17) is 16.3 Å². The number of hydrogen-bond donors (Lipinski definition) is 2. The molecule has 0 aliphatic rings. The summed E-state index contributed by atoms with van der Waals surface area (Å²) in [6.45, 7) is 3.40. The van der Waals surface area contributed by atoms with Crippen LogP contribution in [0.25, 0.3) is 0 Å². The number of hydrogen-bond acceptors (Lipinski definition) is 4. The molecular formula is C17H20ClN3O2. The largest absolute Gasteiger partial charge is 0.385 e. The van der Waals surface area contributed by atoms with Crippen molar-refractivity contribution in [1.82, 2.24) is 4.98 Å². The van der Waals surface area contributed by atoms with Crippen molar-refractivity contribution in [2.75, 3.05) is 30.9 Å². The smallest absolute Gasteiger partial charge is 0.274 e. The summed E-state index contributed by atoms with van der Waals surface area (Å²) in [6.07, 6.45) is 2.56. The molecule has 1 aromatic heterocycles. The molecule has 1 aromatic carbocycles. The van der Waals surface area contributed by atoms with Gasteiger partial charge in [0, 0.05) is 31.0 Å². The van der Waals surface area contributed by atoms with Crippen molar-refractivity contribution in [3.63, 3.8) is 0 Å². The molecule has 0 aliphatic carbocycles. The molecule has 1 heterocycles. The molecule has 0 aliphatic heterocycles. The van der Waals surface area contributed by atoms with Crippen LogP contribution in [-0.4, -0.2) is 31.2 Å². The van der Waals surface area contributed by atoms with Crippen LogP contribution >= 0.6 is 11.6 Å². The minimum atomic E-state index is -0.249. The molecule has 0 spiro atoms. The summed E-state index contributed by atoms with van der Waals surface area (Å²) >= 11 is 5.91. The number of halogens is 1. The van der Waals surface area contributed by atoms with E-state index in [1.807, 2.05) is 13.0 Å². The third-order valence-corrected chi connectivity index (χ3v) is 3.52. The maximum Gasteiger partial charge on any atom is 0.274 e. The molecule has 0 fully saturated rings. The van der Waals surface area contributed by atoms with Crippen LogP contribution in [0.15, 0.2) is 36.5 Å². The Bertz CT molecular complexity index is 659. The van der Waals surface area contributed by atoms with Crippen molar-refractivity contribution in [2.45, 2.75) is 13.3 Å². The summed E-state index contributed by atoms with van der Waals surface area (Å²) in [5.74, 6) is -0.249. The summed E-state index contributed by atoms with van der Waals surface area (Å²) in [6, 6.07) is 8.85. The summed E-state index contributed by atoms with van der Waals surface area (Å²) in [5, 5.41) is 6.70. The predicted molar refractivity (Wildman–Crippen MR) is 93.4 cm³/mol. The maximum absolute atomic E-state index is 12.2. The first kappa shape index (κ1) is 17.2. The van der Waals surface area contributed by atoms with Gasteiger partial charge < -0.3 is 15.4 Å². The number of methoxy groups -OCH3 is 1. The average Bonchev–Trinajstić information content (AvgIpc) is 2.55. The number of anilines is 2. The highest BCUT2D eigenvalue weighted by Gasteiger charge is 2.09. The summed E-state index contributed by atoms with van der Waals surface area (Å²) in [7, 11) is 1.68. The van der Waals surface area contributed by atoms with E-state index in [2.05, 4.69) is 15.6 Å². The van der Waals surface area contributed by atoms with Gasteiger partial charge >= 0.3 is 0 Å². The standard InChI is InChI=1S/C17H20ClN3O2/c1-12-10-13(18)4-6-15(12)21-17(22)16-7-5-14(11-20-16)19-8-3-9-23-2/h4-7,10-11,19H,3,8-9H2,1-2H3,(H,21,22). The van der Waals surface area contributed by atoms with Gasteiger partial charge in [0.15, 0.2) is 0 Å². The molecule has 0 bridgehead atoms. The van der Waals surface area contributed by atoms with E-state index in [1.54, 1.807) is 37.6 Å². The Morgan fingerprint density at radius 1 is 1.30 bits per heavy atom. The van der Waals surface area contributed by atoms with Crippen molar-refractivity contribution in [2.24, 2.45) is 0 Å². The number of benzene rings is 1. The van der Waals surface area contributed by atoms with Crippen molar-refractivity contribution in [3.8, 4) is 0 Å². The zero-order valence-corrected chi connectivity index (χ0v) is 14.0. The molecular weight excluding hydrogens is 314 g/mol. The lowest BCUT2D eigenvalue weighted by molar-refractivity contribution is 0.102. The van der Waals surface area contributed by atoms with Crippen LogP contribution in [0.2, 0.25) is 5.02 Å². The minimum absolute atomic E-state index is 0.249. The van der Waals surface area contributed by atoms with E-state index in [9.17, 15) is 4.79 Å². The van der Waals surface area contributed by atoms with Crippen molar-refractivity contribution in [3.05, 3.63) is 52.8 Å². The second-order valence-electron chi connectivity index (χ2n) is 5.12. The van der Waals surface area contributed by atoms with Crippen LogP contribution in [0.4, 0.5) is 11.4 Å². The number of nitrogens with one attached hydrogen (secondary N) is 2. The first-order chi connectivity index (χ1) is 11.1. The second-order valence-corrected chi connectivity index (χ2v) is 5.56. The Balaban J connectivity index is 1.94. The lowest BCUT2D eigenvalue weighted by Gasteiger charge is -2.09. The first-order valence-electron chi connectivity index (χ1n) is 7.36. The molecule has 1 amide bonds. The number of amides is 1. The molecule has 0 radical (unpaired) electrons. The molecule has 0 unspecified atom stereocenters. The highest BCUT2D eigenvalue weighted by molar-refractivity contribution is 6.30. The fourth-order valence-corrected chi connectivity index (χ4v) is 2.26. The van der Waals surface area contributed by atoms with Gasteiger partial charge in [0.1, 0.15) is 5.69 Å². The number of nitrogens with zero attached hydrogens (tertiary/aromatic N) is 1. The maximum atomic E-state index is 12.2. The number of carbonyl (C=O) groups is 1. The van der Waals surface area contributed by atoms with Crippen LogP contribution in [0, 0.1) is 6.92 Å². The molecule has 2 N–H and O–H groups in total. The molecule has 2 aromatic rings. The number of carbonyl (C=O) groups excluding carboxylic acids is 1. The van der Waals surface area contributed by atoms with Crippen molar-refractivity contribution < 1.29 is 9.53 Å². The molecule has 0 atom stereocenters. The van der Waals surface area contributed by atoms with E-state index >= 15 is 0 Å². The lowest BCUT2D eigenvalue weighted by Crippen LogP contribution is -2.14. The fraction of sp³-hybridized carbons (Fsp3) is 0.294. The van der Waals surface area contributed by atoms with Crippen molar-refractivity contribution >= 4 is 28.9 Å². The number of pyridine rings is 1. The summed E-state index contributed by atoms with van der Waals surface area (Å²) < 4.78 is 4.99. The molecule has 5 nitrogen and oxygen atoms in total. The first-order valence-corrected chi connectivity index (χ1v) is 7.74. The predicted octanol–water partition coefficient (Wildman–Crippen LogP) is 3.74. The third kappa shape index (κ3) is 5.23. The van der Waals surface area contributed by atoms with Gasteiger partial charge in [-0.05, 0) is 49.2 Å². The number of aromatic nitrogens is 1. The van der Waals surface area contributed by atoms with Gasteiger partial charge in [-0.15, -0.1) is 0 Å². The third-order valence-electron chi connectivity index (χ3n) is 3.29. The minimum Gasteiger partial charge on any atom is -0.385 e. The van der Waals surface area contributed by atoms with Crippen LogP contribution in [0.1, 0.15) is 22.5 Å². The molecule has 122 valence electrons. The monoisotopic (exact) mass is 333 g/mol. The van der Waals surface area contributed by atoms with Crippen LogP contribution < -0.4 is 10.6 Å². The Hall–Kier alpha value is -2.11. The normalized spacial score (nSPS) is 10.4. The number of aryl methyl sites for hydroxylation is 1. The molecule has 0 saturated carbocycles. The summed E-state index contributed by atoms with van der Waals surface area (Å²) in [4.78, 5) is 16.4. The topological polar surface area (TPSA) is 63.2 Å². The van der Waals surface area contributed by atoms with Crippen LogP contribution in [0.5, 0.6) is 0 Å². The SMILES string of the molecule is COCCCNc1ccc(C(=O)Nc2ccc(Cl)cc2C)nc1. The average molecular weight is 334 g/mol. The van der Waals surface area contributed by atoms with Gasteiger partial charge in [0.2, 0.25) is 0 Å². The zero-order chi connectivity index (χ0) is 16.7. The van der Waals surface area contributed by atoms with E-state index in [0.717, 1.165) is 29.9 Å². The van der Waals surface area contributed by atoms with E-state index in [-0.39, 0.29) is 5.91 Å². The van der Waals surface area contributed by atoms with Gasteiger partial charge in [0.05, 0.1) is 11.9 Å². The molecule has 2 rings (SSSR count). The van der Waals surface area contributed by atoms with E-state index < -0.39 is 0 Å². The Morgan fingerprint density at radius 2 is 2.13 bits per heavy atom. The van der Waals surface area contributed by atoms with Gasteiger partial charge in [-0.25, -0.2) is 4.98 Å². The van der Waals surface area contributed by atoms with Gasteiger partial charge in [-0.2, -0.15) is 0 Å². The second kappa shape index (κ2) is 8.50. The van der Waals surface area contributed by atoms with E-state index in [1.165, 1.54) is 0 Å². The van der Waals surface area contributed by atoms with Gasteiger partial charge in [-0.3, -0.25) is 4.79 Å². The zero-order valence-electron chi connectivity index (χ0n) is 13.2. The van der Waals surface area contributed by atoms with Gasteiger partial charge in [0.25, 0.3) is 5.91 Å². The van der Waals surface area contributed by atoms with Crippen LogP contribution in [0.3, 0.4) is 0 Å². The van der Waals surface area contributed by atoms with Crippen LogP contribution in [-0.2, 0) is 4.74 Å². The fourth-order valence-electron chi connectivity index (χ4n) is 2.04. The number of ether oxygens (including phenoxy) is 1. The summed E-state index contributed by atoms with van der Waals surface area (Å²) in [5.41, 5.74) is 2.87. The highest BCUT2D eigenvalue weighted by atomic mass is 35.5. The van der Waals surface area contributed by atoms with E-state index in [0.29, 0.717) is 17.3 Å². The Morgan fingerprint density at radius 3 is 2.78 bits per heavy atom. The molecule has 6 heteroatoms. The Kier molecular flexibility index (Phi) is 6.38. The molecule has 23 heavy (non-hydrogen) atoms. The van der Waals surface area contributed by atoms with Crippen molar-refractivity contribution in [1.29, 1.82) is 0 Å². The van der Waals surface area contributed by atoms with Gasteiger partial charge in [-0.1, -0.05) is 11.6 Å². The number of rotatable bonds is 7. The lowest BCUT2D eigenvalue weighted by atomic mass is 10.2. The highest BCUT2D eigenvalue weighted by Crippen LogP contribution is 2.20. The Labute approximate surface area is 141 Å².